The summed E-state index contributed by atoms with van der Waals surface area (Å²) >= 11 is 0. The number of aromatic carboxylic acids is 1. The quantitative estimate of drug-likeness (QED) is 0.384. The van der Waals surface area contributed by atoms with Crippen LogP contribution in [0.2, 0.25) is 0 Å². The van der Waals surface area contributed by atoms with Crippen molar-refractivity contribution in [3.05, 3.63) is 47.7 Å². The molecule has 0 spiro atoms. The number of carbonyl (C=O) groups is 1. The average molecular weight is 490 g/mol. The van der Waals surface area contributed by atoms with Crippen LogP contribution in [-0.2, 0) is 0 Å². The van der Waals surface area contributed by atoms with Crippen molar-refractivity contribution < 1.29 is 14.3 Å². The van der Waals surface area contributed by atoms with Gasteiger partial charge in [0.1, 0.15) is 11.5 Å². The summed E-state index contributed by atoms with van der Waals surface area (Å²) in [5, 5.41) is 15.4. The Kier molecular flexibility index (Phi) is 7.11. The maximum absolute atomic E-state index is 11.3. The van der Waals surface area contributed by atoms with Crippen LogP contribution in [-0.4, -0.2) is 65.5 Å². The number of rotatable bonds is 7. The van der Waals surface area contributed by atoms with Gasteiger partial charge in [0.05, 0.1) is 11.8 Å². The van der Waals surface area contributed by atoms with Crippen LogP contribution in [0.25, 0.3) is 11.3 Å². The first-order chi connectivity index (χ1) is 17.6. The van der Waals surface area contributed by atoms with E-state index in [9.17, 15) is 9.90 Å². The highest BCUT2D eigenvalue weighted by molar-refractivity contribution is 5.89. The molecule has 2 saturated heterocycles. The molecule has 1 N–H and O–H groups in total. The molecule has 10 nitrogen and oxygen atoms in total. The number of anilines is 3. The maximum Gasteiger partial charge on any atom is 0.335 e. The predicted molar refractivity (Wildman–Crippen MR) is 139 cm³/mol. The number of hydrogen-bond donors (Lipinski definition) is 1. The Bertz CT molecular complexity index is 1190. The lowest BCUT2D eigenvalue weighted by Gasteiger charge is -2.30. The minimum atomic E-state index is -0.975. The summed E-state index contributed by atoms with van der Waals surface area (Å²) < 4.78 is 5.89. The number of nitrogens with zero attached hydrogens (tertiary/aromatic N) is 7. The van der Waals surface area contributed by atoms with E-state index >= 15 is 0 Å². The minimum Gasteiger partial charge on any atom is -0.478 e. The molecule has 0 bridgehead atoms. The Labute approximate surface area is 210 Å². The Morgan fingerprint density at radius 1 is 0.944 bits per heavy atom. The van der Waals surface area contributed by atoms with Gasteiger partial charge in [0.2, 0.25) is 11.9 Å². The Balaban J connectivity index is 1.37. The van der Waals surface area contributed by atoms with Crippen molar-refractivity contribution >= 4 is 30.0 Å². The topological polar surface area (TPSA) is 111 Å². The van der Waals surface area contributed by atoms with Crippen LogP contribution in [0.15, 0.2) is 45.9 Å². The Morgan fingerprint density at radius 3 is 2.19 bits per heavy atom. The van der Waals surface area contributed by atoms with Gasteiger partial charge in [-0.2, -0.15) is 20.1 Å². The molecular formula is C26H31N7O3. The van der Waals surface area contributed by atoms with Crippen molar-refractivity contribution in [2.24, 2.45) is 5.10 Å². The van der Waals surface area contributed by atoms with Crippen molar-refractivity contribution in [3.8, 4) is 11.3 Å². The van der Waals surface area contributed by atoms with Gasteiger partial charge in [-0.1, -0.05) is 12.1 Å². The van der Waals surface area contributed by atoms with E-state index in [2.05, 4.69) is 14.9 Å². The molecule has 2 aliphatic heterocycles. The highest BCUT2D eigenvalue weighted by Crippen LogP contribution is 2.25. The van der Waals surface area contributed by atoms with E-state index in [1.54, 1.807) is 41.6 Å². The van der Waals surface area contributed by atoms with E-state index in [0.717, 1.165) is 51.9 Å². The molecule has 4 heterocycles. The number of furan rings is 1. The van der Waals surface area contributed by atoms with Crippen molar-refractivity contribution in [2.75, 3.05) is 48.0 Å². The van der Waals surface area contributed by atoms with Gasteiger partial charge in [0.25, 0.3) is 5.95 Å². The second-order valence-electron chi connectivity index (χ2n) is 9.19. The highest BCUT2D eigenvalue weighted by atomic mass is 16.4. The number of piperidine rings is 2. The lowest BCUT2D eigenvalue weighted by atomic mass is 10.1. The van der Waals surface area contributed by atoms with E-state index in [1.165, 1.54) is 12.8 Å². The lowest BCUT2D eigenvalue weighted by molar-refractivity contribution is 0.0697. The lowest BCUT2D eigenvalue weighted by Crippen LogP contribution is -2.35. The molecule has 0 unspecified atom stereocenters. The van der Waals surface area contributed by atoms with Gasteiger partial charge in [-0.3, -0.25) is 0 Å². The van der Waals surface area contributed by atoms with Crippen LogP contribution in [0, 0.1) is 0 Å². The number of hydrazone groups is 1. The van der Waals surface area contributed by atoms with Crippen molar-refractivity contribution in [1.29, 1.82) is 0 Å². The molecule has 2 fully saturated rings. The third-order valence-electron chi connectivity index (χ3n) is 6.55. The smallest absolute Gasteiger partial charge is 0.335 e. The summed E-state index contributed by atoms with van der Waals surface area (Å²) in [6, 6.07) is 10.2. The molecule has 2 aromatic heterocycles. The number of aromatic nitrogens is 3. The fourth-order valence-corrected chi connectivity index (χ4v) is 4.54. The first kappa shape index (κ1) is 23.8. The molecule has 188 valence electrons. The average Bonchev–Trinajstić information content (AvgIpc) is 3.42. The molecule has 0 saturated carbocycles. The van der Waals surface area contributed by atoms with Gasteiger partial charge in [-0.05, 0) is 62.8 Å². The van der Waals surface area contributed by atoms with Crippen LogP contribution < -0.4 is 14.8 Å². The summed E-state index contributed by atoms with van der Waals surface area (Å²) in [5.74, 6) is 2.04. The van der Waals surface area contributed by atoms with Crippen molar-refractivity contribution in [2.45, 2.75) is 38.5 Å². The molecule has 3 aromatic rings. The standard InChI is InChI=1S/C26H31N7O3/c1-31(27-18-21-11-12-22(36-21)19-9-8-10-20(17-19)23(34)35)24-28-25(32-13-4-2-5-14-32)30-26(29-24)33-15-6-3-7-16-33/h8-12,17-18H,2-7,13-16H2,1H3,(H,34,35)/b27-18-. The van der Waals surface area contributed by atoms with E-state index in [-0.39, 0.29) is 5.56 Å². The molecule has 0 aliphatic carbocycles. The Morgan fingerprint density at radius 2 is 1.58 bits per heavy atom. The van der Waals surface area contributed by atoms with E-state index in [1.807, 2.05) is 13.1 Å². The molecule has 0 atom stereocenters. The van der Waals surface area contributed by atoms with Crippen LogP contribution in [0.5, 0.6) is 0 Å². The van der Waals surface area contributed by atoms with E-state index in [0.29, 0.717) is 34.9 Å². The molecule has 0 radical (unpaired) electrons. The Hall–Kier alpha value is -3.95. The van der Waals surface area contributed by atoms with Crippen molar-refractivity contribution in [3.63, 3.8) is 0 Å². The summed E-state index contributed by atoms with van der Waals surface area (Å²) in [6.07, 6.45) is 8.66. The summed E-state index contributed by atoms with van der Waals surface area (Å²) in [5.41, 5.74) is 0.903. The van der Waals surface area contributed by atoms with Gasteiger partial charge in [0, 0.05) is 38.8 Å². The molecule has 0 amide bonds. The van der Waals surface area contributed by atoms with Crippen molar-refractivity contribution in [1.82, 2.24) is 15.0 Å². The van der Waals surface area contributed by atoms with Gasteiger partial charge in [-0.25, -0.2) is 9.80 Å². The predicted octanol–water partition coefficient (Wildman–Crippen LogP) is 4.28. The van der Waals surface area contributed by atoms with Crippen LogP contribution in [0.3, 0.4) is 0 Å². The zero-order chi connectivity index (χ0) is 24.9. The van der Waals surface area contributed by atoms with Crippen LogP contribution >= 0.6 is 0 Å². The molecule has 5 rings (SSSR count). The van der Waals surface area contributed by atoms with Gasteiger partial charge in [-0.15, -0.1) is 0 Å². The third kappa shape index (κ3) is 5.48. The first-order valence-corrected chi connectivity index (χ1v) is 12.5. The largest absolute Gasteiger partial charge is 0.478 e. The molecule has 10 heteroatoms. The molecular weight excluding hydrogens is 458 g/mol. The van der Waals surface area contributed by atoms with E-state index < -0.39 is 5.97 Å². The zero-order valence-corrected chi connectivity index (χ0v) is 20.5. The number of benzene rings is 1. The second kappa shape index (κ2) is 10.8. The van der Waals surface area contributed by atoms with Gasteiger partial charge >= 0.3 is 5.97 Å². The first-order valence-electron chi connectivity index (χ1n) is 12.5. The summed E-state index contributed by atoms with van der Waals surface area (Å²) in [7, 11) is 1.81. The number of carboxylic acids is 1. The van der Waals surface area contributed by atoms with Gasteiger partial charge in [0.15, 0.2) is 0 Å². The normalized spacial score (nSPS) is 16.5. The maximum atomic E-state index is 11.3. The molecule has 1 aromatic carbocycles. The molecule has 36 heavy (non-hydrogen) atoms. The third-order valence-corrected chi connectivity index (χ3v) is 6.55. The highest BCUT2D eigenvalue weighted by Gasteiger charge is 2.21. The van der Waals surface area contributed by atoms with E-state index in [4.69, 9.17) is 19.4 Å². The van der Waals surface area contributed by atoms with Gasteiger partial charge < -0.3 is 19.3 Å². The second-order valence-corrected chi connectivity index (χ2v) is 9.19. The monoisotopic (exact) mass is 489 g/mol. The summed E-state index contributed by atoms with van der Waals surface area (Å²) in [6.45, 7) is 3.81. The fraction of sp³-hybridized carbons (Fsp3) is 0.423. The SMILES string of the molecule is CN(/N=C\c1ccc(-c2cccc(C(=O)O)c2)o1)c1nc(N2CCCCC2)nc(N2CCCCC2)n1. The van der Waals surface area contributed by atoms with Crippen LogP contribution in [0.1, 0.15) is 54.6 Å². The number of hydrogen-bond acceptors (Lipinski definition) is 9. The number of carboxylic acid groups (broad SMARTS) is 1. The zero-order valence-electron chi connectivity index (χ0n) is 20.5. The summed E-state index contributed by atoms with van der Waals surface area (Å²) in [4.78, 5) is 30.1. The molecule has 2 aliphatic rings. The van der Waals surface area contributed by atoms with Crippen LogP contribution in [0.4, 0.5) is 17.8 Å². The fourth-order valence-electron chi connectivity index (χ4n) is 4.54. The minimum absolute atomic E-state index is 0.211.